The molecule has 1 aliphatic heterocycles. The molecule has 1 heterocycles. The number of anilines is 1. The van der Waals surface area contributed by atoms with Crippen molar-refractivity contribution in [2.75, 3.05) is 24.6 Å². The van der Waals surface area contributed by atoms with Crippen LogP contribution in [0.5, 0.6) is 0 Å². The molecule has 0 saturated carbocycles. The van der Waals surface area contributed by atoms with E-state index in [9.17, 15) is 10.1 Å². The normalized spacial score (nSPS) is 19.2. The van der Waals surface area contributed by atoms with Crippen LogP contribution in [0.15, 0.2) is 18.2 Å². The van der Waals surface area contributed by atoms with Gasteiger partial charge in [-0.05, 0) is 30.9 Å². The van der Waals surface area contributed by atoms with Gasteiger partial charge < -0.3 is 10.0 Å². The predicted molar refractivity (Wildman–Crippen MR) is 70.1 cm³/mol. The summed E-state index contributed by atoms with van der Waals surface area (Å²) in [5, 5.41) is 20.4. The zero-order chi connectivity index (χ0) is 13.1. The first-order valence-corrected chi connectivity index (χ1v) is 6.29. The maximum Gasteiger partial charge on any atom is 0.292 e. The molecule has 0 amide bonds. The standard InChI is InChI=1S/C12H15ClN2O3/c13-10-1-2-11(15(17)18)12(7-10)14-5-3-9(8-14)4-6-16/h1-2,7,9,16H,3-6,8H2. The molecule has 1 fully saturated rings. The van der Waals surface area contributed by atoms with Gasteiger partial charge in [-0.2, -0.15) is 0 Å². The lowest BCUT2D eigenvalue weighted by atomic mass is 10.1. The number of aliphatic hydroxyl groups is 1. The number of aliphatic hydroxyl groups excluding tert-OH is 1. The number of nitro groups is 1. The van der Waals surface area contributed by atoms with Gasteiger partial charge in [0, 0.05) is 30.8 Å². The maximum atomic E-state index is 11.0. The van der Waals surface area contributed by atoms with Crippen molar-refractivity contribution in [3.63, 3.8) is 0 Å². The number of nitro benzene ring substituents is 1. The highest BCUT2D eigenvalue weighted by Gasteiger charge is 2.27. The lowest BCUT2D eigenvalue weighted by molar-refractivity contribution is -0.384. The first-order chi connectivity index (χ1) is 8.61. The first-order valence-electron chi connectivity index (χ1n) is 5.91. The highest BCUT2D eigenvalue weighted by Crippen LogP contribution is 2.34. The predicted octanol–water partition coefficient (Wildman–Crippen LogP) is 2.46. The van der Waals surface area contributed by atoms with Gasteiger partial charge in [-0.25, -0.2) is 0 Å². The summed E-state index contributed by atoms with van der Waals surface area (Å²) in [6.45, 7) is 1.67. The molecule has 1 aromatic carbocycles. The Morgan fingerprint density at radius 2 is 2.33 bits per heavy atom. The van der Waals surface area contributed by atoms with Crippen molar-refractivity contribution in [1.82, 2.24) is 0 Å². The topological polar surface area (TPSA) is 66.6 Å². The fourth-order valence-electron chi connectivity index (χ4n) is 2.37. The van der Waals surface area contributed by atoms with Crippen LogP contribution in [-0.2, 0) is 0 Å². The highest BCUT2D eigenvalue weighted by molar-refractivity contribution is 6.31. The summed E-state index contributed by atoms with van der Waals surface area (Å²) in [6.07, 6.45) is 1.69. The van der Waals surface area contributed by atoms with E-state index in [1.54, 1.807) is 6.07 Å². The van der Waals surface area contributed by atoms with Crippen molar-refractivity contribution in [3.05, 3.63) is 33.3 Å². The summed E-state index contributed by atoms with van der Waals surface area (Å²) in [6, 6.07) is 4.61. The van der Waals surface area contributed by atoms with E-state index >= 15 is 0 Å². The maximum absolute atomic E-state index is 11.0. The van der Waals surface area contributed by atoms with E-state index in [2.05, 4.69) is 0 Å². The SMILES string of the molecule is O=[N+]([O-])c1ccc(Cl)cc1N1CCC(CCO)C1. The molecule has 0 bridgehead atoms. The number of benzene rings is 1. The van der Waals surface area contributed by atoms with Crippen LogP contribution in [0.25, 0.3) is 0 Å². The Hall–Kier alpha value is -1.33. The molecular weight excluding hydrogens is 256 g/mol. The minimum Gasteiger partial charge on any atom is -0.396 e. The molecule has 2 rings (SSSR count). The summed E-state index contributed by atoms with van der Waals surface area (Å²) in [4.78, 5) is 12.6. The Bertz CT molecular complexity index is 453. The minimum absolute atomic E-state index is 0.0871. The van der Waals surface area contributed by atoms with Gasteiger partial charge in [-0.1, -0.05) is 11.6 Å². The molecule has 1 atom stereocenters. The van der Waals surface area contributed by atoms with Crippen LogP contribution in [0, 0.1) is 16.0 Å². The Balaban J connectivity index is 2.23. The summed E-state index contributed by atoms with van der Waals surface area (Å²) in [5.74, 6) is 0.397. The largest absolute Gasteiger partial charge is 0.396 e. The highest BCUT2D eigenvalue weighted by atomic mass is 35.5. The average Bonchev–Trinajstić information content (AvgIpc) is 2.77. The summed E-state index contributed by atoms with van der Waals surface area (Å²) >= 11 is 5.91. The van der Waals surface area contributed by atoms with Gasteiger partial charge in [0.2, 0.25) is 0 Å². The second kappa shape index (κ2) is 5.54. The van der Waals surface area contributed by atoms with Gasteiger partial charge >= 0.3 is 0 Å². The quantitative estimate of drug-likeness (QED) is 0.674. The molecule has 1 N–H and O–H groups in total. The van der Waals surface area contributed by atoms with Crippen molar-refractivity contribution in [1.29, 1.82) is 0 Å². The van der Waals surface area contributed by atoms with Gasteiger partial charge in [0.15, 0.2) is 0 Å². The lowest BCUT2D eigenvalue weighted by Gasteiger charge is -2.18. The Kier molecular flexibility index (Phi) is 4.04. The molecule has 1 aliphatic rings. The Morgan fingerprint density at radius 1 is 1.56 bits per heavy atom. The van der Waals surface area contributed by atoms with Gasteiger partial charge in [-0.15, -0.1) is 0 Å². The van der Waals surface area contributed by atoms with Crippen molar-refractivity contribution in [3.8, 4) is 0 Å². The van der Waals surface area contributed by atoms with E-state index in [1.165, 1.54) is 12.1 Å². The number of hydrogen-bond donors (Lipinski definition) is 1. The van der Waals surface area contributed by atoms with E-state index in [0.717, 1.165) is 25.9 Å². The van der Waals surface area contributed by atoms with Crippen LogP contribution < -0.4 is 4.90 Å². The number of hydrogen-bond acceptors (Lipinski definition) is 4. The molecule has 0 aromatic heterocycles. The smallest absolute Gasteiger partial charge is 0.292 e. The van der Waals surface area contributed by atoms with E-state index in [1.807, 2.05) is 4.90 Å². The molecule has 1 saturated heterocycles. The van der Waals surface area contributed by atoms with Gasteiger partial charge in [0.1, 0.15) is 5.69 Å². The lowest BCUT2D eigenvalue weighted by Crippen LogP contribution is -2.21. The molecule has 18 heavy (non-hydrogen) atoms. The minimum atomic E-state index is -0.384. The third-order valence-corrected chi connectivity index (χ3v) is 3.53. The summed E-state index contributed by atoms with van der Waals surface area (Å²) in [5.41, 5.74) is 0.664. The fraction of sp³-hybridized carbons (Fsp3) is 0.500. The molecule has 6 heteroatoms. The zero-order valence-electron chi connectivity index (χ0n) is 9.88. The van der Waals surface area contributed by atoms with Crippen LogP contribution in [0.2, 0.25) is 5.02 Å². The Morgan fingerprint density at radius 3 is 3.00 bits per heavy atom. The van der Waals surface area contributed by atoms with Crippen molar-refractivity contribution in [2.45, 2.75) is 12.8 Å². The van der Waals surface area contributed by atoms with Crippen LogP contribution >= 0.6 is 11.6 Å². The molecule has 1 unspecified atom stereocenters. The van der Waals surface area contributed by atoms with Gasteiger partial charge in [0.05, 0.1) is 4.92 Å². The average molecular weight is 271 g/mol. The summed E-state index contributed by atoms with van der Waals surface area (Å²) < 4.78 is 0. The number of halogens is 1. The van der Waals surface area contributed by atoms with E-state index < -0.39 is 0 Å². The van der Waals surface area contributed by atoms with Gasteiger partial charge in [-0.3, -0.25) is 10.1 Å². The second-order valence-corrected chi connectivity index (χ2v) is 4.94. The fourth-order valence-corrected chi connectivity index (χ4v) is 2.54. The van der Waals surface area contributed by atoms with Crippen LogP contribution in [-0.4, -0.2) is 29.7 Å². The van der Waals surface area contributed by atoms with E-state index in [0.29, 0.717) is 16.6 Å². The van der Waals surface area contributed by atoms with E-state index in [4.69, 9.17) is 16.7 Å². The molecule has 98 valence electrons. The van der Waals surface area contributed by atoms with E-state index in [-0.39, 0.29) is 17.2 Å². The third-order valence-electron chi connectivity index (χ3n) is 3.30. The number of nitrogens with zero attached hydrogens (tertiary/aromatic N) is 2. The Labute approximate surface area is 110 Å². The van der Waals surface area contributed by atoms with Crippen LogP contribution in [0.4, 0.5) is 11.4 Å². The molecule has 0 spiro atoms. The molecule has 0 aliphatic carbocycles. The second-order valence-electron chi connectivity index (χ2n) is 4.50. The number of rotatable bonds is 4. The van der Waals surface area contributed by atoms with Crippen molar-refractivity contribution >= 4 is 23.0 Å². The molecule has 0 radical (unpaired) electrons. The van der Waals surface area contributed by atoms with Crippen molar-refractivity contribution < 1.29 is 10.0 Å². The van der Waals surface area contributed by atoms with Crippen molar-refractivity contribution in [2.24, 2.45) is 5.92 Å². The van der Waals surface area contributed by atoms with Gasteiger partial charge in [0.25, 0.3) is 5.69 Å². The van der Waals surface area contributed by atoms with Crippen LogP contribution in [0.1, 0.15) is 12.8 Å². The molecular formula is C12H15ClN2O3. The zero-order valence-corrected chi connectivity index (χ0v) is 10.6. The van der Waals surface area contributed by atoms with Crippen LogP contribution in [0.3, 0.4) is 0 Å². The third kappa shape index (κ3) is 2.73. The summed E-state index contributed by atoms with van der Waals surface area (Å²) in [7, 11) is 0. The monoisotopic (exact) mass is 270 g/mol. The molecule has 1 aromatic rings. The first kappa shape index (κ1) is 13.1. The molecule has 5 nitrogen and oxygen atoms in total.